The van der Waals surface area contributed by atoms with Crippen LogP contribution in [-0.4, -0.2) is 21.9 Å². The third-order valence-corrected chi connectivity index (χ3v) is 0. The molecule has 8 N–H and O–H groups in total. The molecule has 0 aromatic carbocycles. The molecule has 0 bridgehead atoms. The SMILES string of the molecule is C=C.O.O.O.O.[Co]. The molecule has 0 saturated heterocycles. The maximum Gasteiger partial charge on any atom is 0 e. The molecule has 0 heterocycles. The molecule has 0 aliphatic rings. The second-order valence-electron chi connectivity index (χ2n) is 0. The predicted molar refractivity (Wildman–Crippen MR) is 25.7 cm³/mol. The summed E-state index contributed by atoms with van der Waals surface area (Å²) in [6, 6.07) is 0. The first-order valence-corrected chi connectivity index (χ1v) is 0.500. The first-order valence-electron chi connectivity index (χ1n) is 0.500. The van der Waals surface area contributed by atoms with Crippen molar-refractivity contribution in [3.63, 3.8) is 0 Å². The molecule has 7 heavy (non-hydrogen) atoms. The molecule has 1 radical (unpaired) electrons. The van der Waals surface area contributed by atoms with E-state index in [0.29, 0.717) is 0 Å². The summed E-state index contributed by atoms with van der Waals surface area (Å²) in [5.74, 6) is 0. The zero-order chi connectivity index (χ0) is 2.00. The summed E-state index contributed by atoms with van der Waals surface area (Å²) in [5, 5.41) is 0. The molecule has 0 unspecified atom stereocenters. The van der Waals surface area contributed by atoms with E-state index in [1.165, 1.54) is 0 Å². The zero-order valence-electron chi connectivity index (χ0n) is 3.75. The van der Waals surface area contributed by atoms with E-state index in [0.717, 1.165) is 0 Å². The smallest absolute Gasteiger partial charge is 0 e. The van der Waals surface area contributed by atoms with E-state index in [1.54, 1.807) is 0 Å². The van der Waals surface area contributed by atoms with E-state index < -0.39 is 0 Å². The molecular weight excluding hydrogens is 147 g/mol. The molecular formula is C2H12CoO4. The predicted octanol–water partition coefficient (Wildman–Crippen LogP) is -2.50. The molecule has 4 nitrogen and oxygen atoms in total. The minimum absolute atomic E-state index is 0. The summed E-state index contributed by atoms with van der Waals surface area (Å²) in [4.78, 5) is 0. The van der Waals surface area contributed by atoms with E-state index in [9.17, 15) is 0 Å². The molecule has 0 saturated carbocycles. The van der Waals surface area contributed by atoms with Crippen LogP contribution >= 0.6 is 0 Å². The Labute approximate surface area is 52.7 Å². The zero-order valence-corrected chi connectivity index (χ0v) is 4.79. The fourth-order valence-corrected chi connectivity index (χ4v) is 0. The van der Waals surface area contributed by atoms with Gasteiger partial charge in [0.2, 0.25) is 0 Å². The van der Waals surface area contributed by atoms with Crippen LogP contribution in [0.4, 0.5) is 0 Å². The fourth-order valence-electron chi connectivity index (χ4n) is 0. The van der Waals surface area contributed by atoms with Gasteiger partial charge in [-0.05, 0) is 0 Å². The van der Waals surface area contributed by atoms with E-state index in [2.05, 4.69) is 13.2 Å². The van der Waals surface area contributed by atoms with Crippen LogP contribution < -0.4 is 0 Å². The minimum Gasteiger partial charge on any atom is -0.412 e. The van der Waals surface area contributed by atoms with Crippen LogP contribution in [0.2, 0.25) is 0 Å². The molecule has 0 aliphatic carbocycles. The van der Waals surface area contributed by atoms with Crippen LogP contribution in [0.1, 0.15) is 0 Å². The monoisotopic (exact) mass is 159 g/mol. The Hall–Kier alpha value is 0.0865. The van der Waals surface area contributed by atoms with E-state index in [4.69, 9.17) is 0 Å². The molecule has 0 spiro atoms. The second-order valence-corrected chi connectivity index (χ2v) is 0. The van der Waals surface area contributed by atoms with Crippen LogP contribution in [0, 0.1) is 0 Å². The topological polar surface area (TPSA) is 126 Å². The van der Waals surface area contributed by atoms with Gasteiger partial charge in [0.15, 0.2) is 0 Å². The van der Waals surface area contributed by atoms with Gasteiger partial charge in [-0.25, -0.2) is 0 Å². The molecule has 0 rings (SSSR count). The van der Waals surface area contributed by atoms with Gasteiger partial charge in [0.1, 0.15) is 0 Å². The van der Waals surface area contributed by atoms with Crippen molar-refractivity contribution in [2.24, 2.45) is 0 Å². The quantitative estimate of drug-likeness (QED) is 0.346. The van der Waals surface area contributed by atoms with Crippen molar-refractivity contribution in [2.45, 2.75) is 0 Å². The Balaban J connectivity index is -0.000000000500. The molecule has 5 heteroatoms. The largest absolute Gasteiger partial charge is 0.412 e. The van der Waals surface area contributed by atoms with Gasteiger partial charge in [-0.2, -0.15) is 0 Å². The maximum absolute atomic E-state index is 3.00. The van der Waals surface area contributed by atoms with Gasteiger partial charge < -0.3 is 21.9 Å². The maximum atomic E-state index is 3.00. The molecule has 53 valence electrons. The first-order chi connectivity index (χ1) is 1.00. The summed E-state index contributed by atoms with van der Waals surface area (Å²) in [5.41, 5.74) is 0. The normalized spacial score (nSPS) is 0.571. The van der Waals surface area contributed by atoms with Crippen molar-refractivity contribution < 1.29 is 38.7 Å². The number of hydrogen-bond donors (Lipinski definition) is 0. The van der Waals surface area contributed by atoms with E-state index in [1.807, 2.05) is 0 Å². The van der Waals surface area contributed by atoms with Crippen molar-refractivity contribution >= 4 is 0 Å². The first kappa shape index (κ1) is 222. The molecule has 0 atom stereocenters. The van der Waals surface area contributed by atoms with E-state index in [-0.39, 0.29) is 38.7 Å². The van der Waals surface area contributed by atoms with Gasteiger partial charge in [-0.3, -0.25) is 0 Å². The Bertz CT molecular complexity index is 9.65. The average molecular weight is 159 g/mol. The number of rotatable bonds is 0. The Kier molecular flexibility index (Phi) is 669000. The average Bonchev–Trinajstić information content (AvgIpc) is 1.00. The van der Waals surface area contributed by atoms with Crippen LogP contribution in [0.15, 0.2) is 13.2 Å². The van der Waals surface area contributed by atoms with Gasteiger partial charge in [0.05, 0.1) is 0 Å². The number of hydrogen-bond acceptors (Lipinski definition) is 0. The standard InChI is InChI=1S/C2H4.Co.4H2O/c1-2;;;;;/h1-2H2;;4*1H2. The third kappa shape index (κ3) is 13600. The fraction of sp³-hybridized carbons (Fsp3) is 0. The third-order valence-electron chi connectivity index (χ3n) is 0. The van der Waals surface area contributed by atoms with Gasteiger partial charge in [0, 0.05) is 16.8 Å². The molecule has 0 aliphatic heterocycles. The van der Waals surface area contributed by atoms with Gasteiger partial charge in [-0.15, -0.1) is 13.2 Å². The molecule has 0 fully saturated rings. The summed E-state index contributed by atoms with van der Waals surface area (Å²) in [6.45, 7) is 6.00. The minimum atomic E-state index is 0. The Morgan fingerprint density at radius 2 is 0.571 bits per heavy atom. The molecule has 0 aromatic heterocycles. The van der Waals surface area contributed by atoms with Crippen molar-refractivity contribution in [3.8, 4) is 0 Å². The van der Waals surface area contributed by atoms with Gasteiger partial charge in [-0.1, -0.05) is 0 Å². The Morgan fingerprint density at radius 1 is 0.571 bits per heavy atom. The van der Waals surface area contributed by atoms with E-state index >= 15 is 0 Å². The van der Waals surface area contributed by atoms with Crippen LogP contribution in [0.25, 0.3) is 0 Å². The van der Waals surface area contributed by atoms with Crippen molar-refractivity contribution in [1.82, 2.24) is 0 Å². The van der Waals surface area contributed by atoms with Crippen molar-refractivity contribution in [1.29, 1.82) is 0 Å². The van der Waals surface area contributed by atoms with Crippen molar-refractivity contribution in [3.05, 3.63) is 13.2 Å². The van der Waals surface area contributed by atoms with Crippen LogP contribution in [0.3, 0.4) is 0 Å². The molecule has 0 amide bonds. The summed E-state index contributed by atoms with van der Waals surface area (Å²) < 4.78 is 0. The van der Waals surface area contributed by atoms with Crippen LogP contribution in [-0.2, 0) is 16.8 Å². The van der Waals surface area contributed by atoms with Gasteiger partial charge >= 0.3 is 0 Å². The van der Waals surface area contributed by atoms with Crippen molar-refractivity contribution in [2.75, 3.05) is 0 Å². The summed E-state index contributed by atoms with van der Waals surface area (Å²) in [7, 11) is 0. The Morgan fingerprint density at radius 3 is 0.571 bits per heavy atom. The van der Waals surface area contributed by atoms with Crippen LogP contribution in [0.5, 0.6) is 0 Å². The summed E-state index contributed by atoms with van der Waals surface area (Å²) >= 11 is 0. The summed E-state index contributed by atoms with van der Waals surface area (Å²) in [6.07, 6.45) is 0. The molecule has 0 aromatic rings. The second kappa shape index (κ2) is 21000. The van der Waals surface area contributed by atoms with Gasteiger partial charge in [0.25, 0.3) is 0 Å².